The highest BCUT2D eigenvalue weighted by molar-refractivity contribution is 7.24. The quantitative estimate of drug-likeness (QED) is 0.684. The third-order valence-corrected chi connectivity index (χ3v) is 3.52. The Hall–Kier alpha value is -1.66. The van der Waals surface area contributed by atoms with Crippen LogP contribution in [0.3, 0.4) is 0 Å². The van der Waals surface area contributed by atoms with E-state index in [0.717, 1.165) is 22.6 Å². The highest BCUT2D eigenvalue weighted by atomic mass is 31.1. The van der Waals surface area contributed by atoms with Gasteiger partial charge in [0.1, 0.15) is 11.5 Å². The molecule has 0 aromatic heterocycles. The summed E-state index contributed by atoms with van der Waals surface area (Å²) in [6.45, 7) is 0. The van der Waals surface area contributed by atoms with E-state index in [1.165, 1.54) is 0 Å². The molecule has 0 saturated heterocycles. The van der Waals surface area contributed by atoms with Crippen LogP contribution >= 0.6 is 8.46 Å². The van der Waals surface area contributed by atoms with Crippen LogP contribution in [0, 0.1) is 0 Å². The minimum Gasteiger partial charge on any atom is -0.457 e. The predicted molar refractivity (Wildman–Crippen MR) is 62.4 cm³/mol. The van der Waals surface area contributed by atoms with Gasteiger partial charge in [-0.1, -0.05) is 36.4 Å². The van der Waals surface area contributed by atoms with Crippen LogP contribution in [0.5, 0.6) is 11.5 Å². The molecule has 3 rings (SSSR count). The van der Waals surface area contributed by atoms with Crippen molar-refractivity contribution in [2.24, 2.45) is 0 Å². The van der Waals surface area contributed by atoms with E-state index in [-0.39, 0.29) is 14.1 Å². The summed E-state index contributed by atoms with van der Waals surface area (Å²) in [5.74, 6) is 1.60. The maximum Gasteiger partial charge on any atom is 0.168 e. The van der Waals surface area contributed by atoms with Gasteiger partial charge in [0, 0.05) is 11.1 Å². The Labute approximate surface area is 95.1 Å². The van der Waals surface area contributed by atoms with Crippen molar-refractivity contribution in [2.45, 2.75) is 5.66 Å². The van der Waals surface area contributed by atoms with Crippen molar-refractivity contribution in [3.05, 3.63) is 59.7 Å². The van der Waals surface area contributed by atoms with Crippen LogP contribution in [0.4, 0.5) is 0 Å². The van der Waals surface area contributed by atoms with E-state index in [0.29, 0.717) is 0 Å². The average Bonchev–Trinajstić information content (AvgIpc) is 2.36. The number of hydrogen-bond acceptors (Lipinski definition) is 2. The maximum absolute atomic E-state index is 11.3. The number of hydrogen-bond donors (Lipinski definition) is 0. The highest BCUT2D eigenvalue weighted by Gasteiger charge is 2.26. The van der Waals surface area contributed by atoms with Crippen LogP contribution in [0.2, 0.25) is 0 Å². The first kappa shape index (κ1) is 9.56. The zero-order valence-electron chi connectivity index (χ0n) is 8.46. The molecular weight excluding hydrogens is 219 g/mol. The fraction of sp³-hybridized carbons (Fsp3) is 0.0769. The standard InChI is InChI=1S/C13H9O2P/c14-16-13-9-5-1-3-7-11(9)15-12-8-4-2-6-10(12)13/h1-8,13H. The number of para-hydroxylation sites is 2. The molecule has 1 aliphatic rings. The van der Waals surface area contributed by atoms with Crippen molar-refractivity contribution in [1.82, 2.24) is 0 Å². The molecule has 0 unspecified atom stereocenters. The lowest BCUT2D eigenvalue weighted by atomic mass is 10.00. The second kappa shape index (κ2) is 3.73. The summed E-state index contributed by atoms with van der Waals surface area (Å²) in [6, 6.07) is 15.5. The molecule has 2 aromatic rings. The lowest BCUT2D eigenvalue weighted by molar-refractivity contribution is 0.457. The molecule has 0 radical (unpaired) electrons. The van der Waals surface area contributed by atoms with Gasteiger partial charge in [-0.2, -0.15) is 0 Å². The molecule has 1 aliphatic heterocycles. The summed E-state index contributed by atoms with van der Waals surface area (Å²) in [4.78, 5) is 0. The zero-order chi connectivity index (χ0) is 11.0. The van der Waals surface area contributed by atoms with Crippen LogP contribution in [-0.4, -0.2) is 0 Å². The lowest BCUT2D eigenvalue weighted by Crippen LogP contribution is -2.05. The Morgan fingerprint density at radius 3 is 1.88 bits per heavy atom. The van der Waals surface area contributed by atoms with Crippen molar-refractivity contribution >= 4 is 8.46 Å². The Kier molecular flexibility index (Phi) is 2.23. The van der Waals surface area contributed by atoms with Crippen LogP contribution in [0.1, 0.15) is 16.8 Å². The van der Waals surface area contributed by atoms with Crippen molar-refractivity contribution in [2.75, 3.05) is 0 Å². The first-order chi connectivity index (χ1) is 7.90. The smallest absolute Gasteiger partial charge is 0.168 e. The largest absolute Gasteiger partial charge is 0.457 e. The molecule has 78 valence electrons. The van der Waals surface area contributed by atoms with E-state index in [1.54, 1.807) is 0 Å². The molecule has 0 amide bonds. The van der Waals surface area contributed by atoms with Crippen molar-refractivity contribution in [3.8, 4) is 11.5 Å². The molecule has 0 bridgehead atoms. The highest BCUT2D eigenvalue weighted by Crippen LogP contribution is 2.48. The summed E-state index contributed by atoms with van der Waals surface area (Å²) in [7, 11) is 0.106. The molecule has 3 heteroatoms. The van der Waals surface area contributed by atoms with Crippen molar-refractivity contribution in [3.63, 3.8) is 0 Å². The third kappa shape index (κ3) is 1.35. The molecular formula is C13H9O2P. The normalized spacial score (nSPS) is 14.0. The first-order valence-corrected chi connectivity index (χ1v) is 5.96. The topological polar surface area (TPSA) is 26.3 Å². The van der Waals surface area contributed by atoms with Gasteiger partial charge in [0.05, 0.1) is 5.66 Å². The Morgan fingerprint density at radius 2 is 1.38 bits per heavy atom. The molecule has 16 heavy (non-hydrogen) atoms. The van der Waals surface area contributed by atoms with Crippen LogP contribution in [-0.2, 0) is 4.57 Å². The summed E-state index contributed by atoms with van der Waals surface area (Å²) in [6.07, 6.45) is 0. The van der Waals surface area contributed by atoms with Gasteiger partial charge in [0.15, 0.2) is 8.46 Å². The Balaban J connectivity index is 2.23. The predicted octanol–water partition coefficient (Wildman–Crippen LogP) is 4.17. The second-order valence-electron chi connectivity index (χ2n) is 3.69. The van der Waals surface area contributed by atoms with Crippen LogP contribution in [0.25, 0.3) is 0 Å². The lowest BCUT2D eigenvalue weighted by Gasteiger charge is -2.23. The molecule has 0 atom stereocenters. The summed E-state index contributed by atoms with van der Waals surface area (Å²) in [5.41, 5.74) is 1.86. The average molecular weight is 228 g/mol. The molecule has 0 fully saturated rings. The fourth-order valence-corrected chi connectivity index (χ4v) is 2.65. The minimum absolute atomic E-state index is 0.106. The van der Waals surface area contributed by atoms with E-state index < -0.39 is 0 Å². The van der Waals surface area contributed by atoms with E-state index in [9.17, 15) is 4.57 Å². The molecule has 1 heterocycles. The van der Waals surface area contributed by atoms with E-state index in [4.69, 9.17) is 4.74 Å². The van der Waals surface area contributed by atoms with Crippen molar-refractivity contribution in [1.29, 1.82) is 0 Å². The SMILES string of the molecule is O=PC1c2ccccc2Oc2ccccc21. The van der Waals surface area contributed by atoms with Gasteiger partial charge < -0.3 is 4.74 Å². The maximum atomic E-state index is 11.3. The number of ether oxygens (including phenoxy) is 1. The van der Waals surface area contributed by atoms with E-state index >= 15 is 0 Å². The molecule has 0 saturated carbocycles. The van der Waals surface area contributed by atoms with Gasteiger partial charge in [-0.25, -0.2) is 0 Å². The fourth-order valence-electron chi connectivity index (χ4n) is 2.00. The molecule has 0 aliphatic carbocycles. The summed E-state index contributed by atoms with van der Waals surface area (Å²) in [5, 5.41) is 0. The molecule has 2 nitrogen and oxygen atoms in total. The molecule has 0 N–H and O–H groups in total. The van der Waals surface area contributed by atoms with Crippen molar-refractivity contribution < 1.29 is 9.30 Å². The number of rotatable bonds is 1. The Morgan fingerprint density at radius 1 is 0.875 bits per heavy atom. The summed E-state index contributed by atoms with van der Waals surface area (Å²) >= 11 is 0. The second-order valence-corrected chi connectivity index (χ2v) is 4.41. The first-order valence-electron chi connectivity index (χ1n) is 5.08. The van der Waals surface area contributed by atoms with Gasteiger partial charge in [0.25, 0.3) is 0 Å². The monoisotopic (exact) mass is 228 g/mol. The van der Waals surface area contributed by atoms with Gasteiger partial charge in [0.2, 0.25) is 0 Å². The Bertz CT molecular complexity index is 506. The van der Waals surface area contributed by atoms with E-state index in [2.05, 4.69) is 0 Å². The molecule has 2 aromatic carbocycles. The van der Waals surface area contributed by atoms with Crippen LogP contribution in [0.15, 0.2) is 48.5 Å². The van der Waals surface area contributed by atoms with E-state index in [1.807, 2.05) is 48.5 Å². The number of benzene rings is 2. The van der Waals surface area contributed by atoms with Gasteiger partial charge >= 0.3 is 0 Å². The number of fused-ring (bicyclic) bond motifs is 2. The van der Waals surface area contributed by atoms with Crippen LogP contribution < -0.4 is 4.74 Å². The molecule has 0 spiro atoms. The minimum atomic E-state index is -0.110. The van der Waals surface area contributed by atoms with Gasteiger partial charge in [-0.3, -0.25) is 4.57 Å². The third-order valence-electron chi connectivity index (χ3n) is 2.75. The summed E-state index contributed by atoms with van der Waals surface area (Å²) < 4.78 is 17.1. The van der Waals surface area contributed by atoms with Gasteiger partial charge in [-0.05, 0) is 12.1 Å². The zero-order valence-corrected chi connectivity index (χ0v) is 9.35. The van der Waals surface area contributed by atoms with Gasteiger partial charge in [-0.15, -0.1) is 0 Å².